The van der Waals surface area contributed by atoms with Crippen molar-refractivity contribution in [1.82, 2.24) is 35.2 Å². The maximum atomic E-state index is 4.86. The molecule has 0 amide bonds. The molecule has 2 N–H and O–H groups in total. The molecule has 148 valence electrons. The van der Waals surface area contributed by atoms with E-state index in [-0.39, 0.29) is 24.0 Å². The summed E-state index contributed by atoms with van der Waals surface area (Å²) in [6, 6.07) is 0.822. The van der Waals surface area contributed by atoms with Crippen LogP contribution in [0.15, 0.2) is 4.99 Å². The van der Waals surface area contributed by atoms with Gasteiger partial charge in [-0.2, -0.15) is 5.10 Å². The predicted molar refractivity (Wildman–Crippen MR) is 115 cm³/mol. The van der Waals surface area contributed by atoms with Gasteiger partial charge in [0, 0.05) is 44.7 Å². The van der Waals surface area contributed by atoms with Crippen molar-refractivity contribution in [2.24, 2.45) is 4.99 Å². The molecule has 8 nitrogen and oxygen atoms in total. The molecule has 0 aromatic carbocycles. The largest absolute Gasteiger partial charge is 0.357 e. The van der Waals surface area contributed by atoms with E-state index >= 15 is 0 Å². The molecule has 3 rings (SSSR count). The molecule has 0 saturated carbocycles. The van der Waals surface area contributed by atoms with Gasteiger partial charge in [-0.3, -0.25) is 9.89 Å². The van der Waals surface area contributed by atoms with Gasteiger partial charge < -0.3 is 15.5 Å². The van der Waals surface area contributed by atoms with Crippen molar-refractivity contribution >= 4 is 29.9 Å². The van der Waals surface area contributed by atoms with Gasteiger partial charge in [-0.15, -0.1) is 24.0 Å². The van der Waals surface area contributed by atoms with Crippen molar-refractivity contribution in [3.05, 3.63) is 11.6 Å². The van der Waals surface area contributed by atoms with Gasteiger partial charge in [0.05, 0.1) is 13.1 Å². The molecular formula is C17H33IN8. The number of nitrogens with one attached hydrogen (secondary N) is 2. The smallest absolute Gasteiger partial charge is 0.191 e. The van der Waals surface area contributed by atoms with Gasteiger partial charge in [-0.05, 0) is 34.4 Å². The Morgan fingerprint density at radius 3 is 2.85 bits per heavy atom. The summed E-state index contributed by atoms with van der Waals surface area (Å²) in [7, 11) is 4.39. The number of aromatic nitrogens is 3. The zero-order chi connectivity index (χ0) is 17.8. The van der Waals surface area contributed by atoms with E-state index in [1.165, 1.54) is 0 Å². The monoisotopic (exact) mass is 476 g/mol. The molecule has 9 heteroatoms. The highest BCUT2D eigenvalue weighted by molar-refractivity contribution is 14.0. The first-order chi connectivity index (χ1) is 12.0. The summed E-state index contributed by atoms with van der Waals surface area (Å²) in [4.78, 5) is 14.1. The van der Waals surface area contributed by atoms with Crippen molar-refractivity contribution in [3.63, 3.8) is 0 Å². The zero-order valence-electron chi connectivity index (χ0n) is 16.4. The molecule has 1 aromatic rings. The standard InChI is InChI=1S/C17H32N8.HI/c1-5-18-17(19-10-15-12-23(3)8-9-24(15)4)21-14-6-7-16-20-13(2)22-25(16)11-14;/h14-15H,5-12H2,1-4H3,(H2,18,19,21);1H. The highest BCUT2D eigenvalue weighted by Crippen LogP contribution is 2.13. The number of likely N-dealkylation sites (N-methyl/N-ethyl adjacent to an activating group) is 2. The predicted octanol–water partition coefficient (Wildman–Crippen LogP) is 0.320. The fraction of sp³-hybridized carbons (Fsp3) is 0.824. The third kappa shape index (κ3) is 5.53. The Kier molecular flexibility index (Phi) is 8.08. The number of hydrogen-bond donors (Lipinski definition) is 2. The first-order valence-corrected chi connectivity index (χ1v) is 9.39. The van der Waals surface area contributed by atoms with Gasteiger partial charge in [0.1, 0.15) is 11.6 Å². The number of aliphatic imine (C=N–C) groups is 1. The molecular weight excluding hydrogens is 443 g/mol. The number of guanidine groups is 1. The van der Waals surface area contributed by atoms with E-state index in [1.807, 2.05) is 11.6 Å². The lowest BCUT2D eigenvalue weighted by Gasteiger charge is -2.37. The molecule has 1 fully saturated rings. The second kappa shape index (κ2) is 9.84. The maximum Gasteiger partial charge on any atom is 0.191 e. The van der Waals surface area contributed by atoms with Gasteiger partial charge in [-0.1, -0.05) is 0 Å². The molecule has 0 spiro atoms. The lowest BCUT2D eigenvalue weighted by molar-refractivity contribution is 0.119. The maximum absolute atomic E-state index is 4.86. The van der Waals surface area contributed by atoms with Crippen LogP contribution in [-0.4, -0.2) is 89.4 Å². The van der Waals surface area contributed by atoms with E-state index in [9.17, 15) is 0 Å². The third-order valence-electron chi connectivity index (χ3n) is 5.09. The van der Waals surface area contributed by atoms with Crippen LogP contribution in [0.4, 0.5) is 0 Å². The molecule has 26 heavy (non-hydrogen) atoms. The minimum Gasteiger partial charge on any atom is -0.357 e. The second-order valence-electron chi connectivity index (χ2n) is 7.25. The molecule has 0 aliphatic carbocycles. The van der Waals surface area contributed by atoms with Crippen LogP contribution in [0, 0.1) is 6.92 Å². The molecule has 2 atom stereocenters. The zero-order valence-corrected chi connectivity index (χ0v) is 18.7. The fourth-order valence-electron chi connectivity index (χ4n) is 3.56. The Morgan fingerprint density at radius 2 is 2.08 bits per heavy atom. The van der Waals surface area contributed by atoms with Crippen LogP contribution >= 0.6 is 24.0 Å². The van der Waals surface area contributed by atoms with Crippen LogP contribution in [0.3, 0.4) is 0 Å². The van der Waals surface area contributed by atoms with Crippen LogP contribution in [0.25, 0.3) is 0 Å². The van der Waals surface area contributed by atoms with Crippen LogP contribution in [0.5, 0.6) is 0 Å². The third-order valence-corrected chi connectivity index (χ3v) is 5.09. The Morgan fingerprint density at radius 1 is 1.27 bits per heavy atom. The van der Waals surface area contributed by atoms with Crippen molar-refractivity contribution in [2.45, 2.75) is 45.3 Å². The first kappa shape index (κ1) is 21.4. The molecule has 0 bridgehead atoms. The number of halogens is 1. The SMILES string of the molecule is CCNC(=NCC1CN(C)CCN1C)NC1CCc2nc(C)nn2C1.I. The topological polar surface area (TPSA) is 73.6 Å². The summed E-state index contributed by atoms with van der Waals surface area (Å²) in [5, 5.41) is 11.5. The van der Waals surface area contributed by atoms with Crippen LogP contribution in [-0.2, 0) is 13.0 Å². The van der Waals surface area contributed by atoms with E-state index in [0.717, 1.165) is 69.7 Å². The summed E-state index contributed by atoms with van der Waals surface area (Å²) < 4.78 is 2.03. The van der Waals surface area contributed by atoms with Crippen LogP contribution in [0.2, 0.25) is 0 Å². The molecule has 0 radical (unpaired) electrons. The minimum atomic E-state index is 0. The Hall–Kier alpha value is -0.940. The summed E-state index contributed by atoms with van der Waals surface area (Å²) in [6.07, 6.45) is 2.03. The molecule has 1 aromatic heterocycles. The van der Waals surface area contributed by atoms with E-state index < -0.39 is 0 Å². The summed E-state index contributed by atoms with van der Waals surface area (Å²) in [6.45, 7) is 9.92. The fourth-order valence-corrected chi connectivity index (χ4v) is 3.56. The Balaban J connectivity index is 0.00000243. The molecule has 2 unspecified atom stereocenters. The van der Waals surface area contributed by atoms with Gasteiger partial charge in [0.15, 0.2) is 5.96 Å². The summed E-state index contributed by atoms with van der Waals surface area (Å²) in [5.41, 5.74) is 0. The van der Waals surface area contributed by atoms with Crippen molar-refractivity contribution in [1.29, 1.82) is 0 Å². The Bertz CT molecular complexity index is 602. The van der Waals surface area contributed by atoms with Crippen LogP contribution < -0.4 is 10.6 Å². The molecule has 2 aliphatic rings. The van der Waals surface area contributed by atoms with Gasteiger partial charge in [0.25, 0.3) is 0 Å². The summed E-state index contributed by atoms with van der Waals surface area (Å²) in [5.74, 6) is 2.87. The number of rotatable bonds is 4. The van der Waals surface area contributed by atoms with E-state index in [0.29, 0.717) is 12.1 Å². The molecule has 2 aliphatic heterocycles. The lowest BCUT2D eigenvalue weighted by Crippen LogP contribution is -2.52. The van der Waals surface area contributed by atoms with Crippen molar-refractivity contribution < 1.29 is 0 Å². The van der Waals surface area contributed by atoms with Gasteiger partial charge in [-0.25, -0.2) is 9.67 Å². The number of aryl methyl sites for hydroxylation is 2. The first-order valence-electron chi connectivity index (χ1n) is 9.39. The lowest BCUT2D eigenvalue weighted by atomic mass is 10.1. The van der Waals surface area contributed by atoms with Crippen molar-refractivity contribution in [2.75, 3.05) is 46.8 Å². The Labute approximate surface area is 173 Å². The average Bonchev–Trinajstić information content (AvgIpc) is 2.95. The number of nitrogens with zero attached hydrogens (tertiary/aromatic N) is 6. The number of hydrogen-bond acceptors (Lipinski definition) is 5. The molecule has 3 heterocycles. The van der Waals surface area contributed by atoms with Crippen LogP contribution in [0.1, 0.15) is 25.0 Å². The number of piperazine rings is 1. The van der Waals surface area contributed by atoms with E-state index in [1.54, 1.807) is 0 Å². The highest BCUT2D eigenvalue weighted by atomic mass is 127. The average molecular weight is 476 g/mol. The summed E-state index contributed by atoms with van der Waals surface area (Å²) >= 11 is 0. The minimum absolute atomic E-state index is 0. The quantitative estimate of drug-likeness (QED) is 0.371. The van der Waals surface area contributed by atoms with Gasteiger partial charge in [0.2, 0.25) is 0 Å². The highest BCUT2D eigenvalue weighted by Gasteiger charge is 2.23. The second-order valence-corrected chi connectivity index (χ2v) is 7.25. The van der Waals surface area contributed by atoms with E-state index in [4.69, 9.17) is 4.99 Å². The van der Waals surface area contributed by atoms with Gasteiger partial charge >= 0.3 is 0 Å². The van der Waals surface area contributed by atoms with E-state index in [2.05, 4.69) is 51.5 Å². The normalized spacial score (nSPS) is 24.7. The van der Waals surface area contributed by atoms with Crippen molar-refractivity contribution in [3.8, 4) is 0 Å². The molecule has 1 saturated heterocycles. The number of fused-ring (bicyclic) bond motifs is 1.